The van der Waals surface area contributed by atoms with E-state index in [1.54, 1.807) is 0 Å². The maximum Gasteiger partial charge on any atom is 0.344 e. The van der Waals surface area contributed by atoms with Crippen LogP contribution < -0.4 is 4.74 Å². The third-order valence-corrected chi connectivity index (χ3v) is 2.98. The number of carboxylic acids is 1. The SMILES string of the molecule is CCC(Oc1ccccc1C(C)CC)C(=O)O. The lowest BCUT2D eigenvalue weighted by molar-refractivity contribution is -0.145. The Morgan fingerprint density at radius 2 is 1.94 bits per heavy atom. The van der Waals surface area contributed by atoms with E-state index in [2.05, 4.69) is 13.8 Å². The fourth-order valence-corrected chi connectivity index (χ4v) is 1.68. The largest absolute Gasteiger partial charge is 0.479 e. The van der Waals surface area contributed by atoms with Gasteiger partial charge in [-0.15, -0.1) is 0 Å². The summed E-state index contributed by atoms with van der Waals surface area (Å²) >= 11 is 0. The molecule has 1 rings (SSSR count). The molecule has 2 unspecified atom stereocenters. The Bertz CT molecular complexity index is 373. The summed E-state index contributed by atoms with van der Waals surface area (Å²) in [5, 5.41) is 9.00. The number of carboxylic acid groups (broad SMARTS) is 1. The second kappa shape index (κ2) is 6.28. The molecule has 17 heavy (non-hydrogen) atoms. The van der Waals surface area contributed by atoms with E-state index in [4.69, 9.17) is 9.84 Å². The summed E-state index contributed by atoms with van der Waals surface area (Å²) < 4.78 is 5.58. The number of para-hydroxylation sites is 1. The molecule has 0 aliphatic rings. The van der Waals surface area contributed by atoms with Crippen molar-refractivity contribution in [1.29, 1.82) is 0 Å². The van der Waals surface area contributed by atoms with Gasteiger partial charge in [0.25, 0.3) is 0 Å². The van der Waals surface area contributed by atoms with Gasteiger partial charge in [0.05, 0.1) is 0 Å². The standard InChI is InChI=1S/C14H20O3/c1-4-10(3)11-8-6-7-9-13(11)17-12(5-2)14(15)16/h6-10,12H,4-5H2,1-3H3,(H,15,16). The lowest BCUT2D eigenvalue weighted by atomic mass is 9.98. The molecule has 0 fully saturated rings. The van der Waals surface area contributed by atoms with Crippen molar-refractivity contribution in [2.75, 3.05) is 0 Å². The van der Waals surface area contributed by atoms with Gasteiger partial charge in [-0.05, 0) is 30.4 Å². The molecule has 0 aromatic heterocycles. The number of hydrogen-bond donors (Lipinski definition) is 1. The highest BCUT2D eigenvalue weighted by Gasteiger charge is 2.19. The second-order valence-corrected chi connectivity index (χ2v) is 4.20. The zero-order valence-corrected chi connectivity index (χ0v) is 10.6. The molecule has 94 valence electrons. The van der Waals surface area contributed by atoms with Gasteiger partial charge in [-0.25, -0.2) is 4.79 Å². The van der Waals surface area contributed by atoms with Crippen molar-refractivity contribution in [2.24, 2.45) is 0 Å². The molecule has 1 aromatic rings. The number of rotatable bonds is 6. The zero-order chi connectivity index (χ0) is 12.8. The summed E-state index contributed by atoms with van der Waals surface area (Å²) in [6, 6.07) is 7.66. The van der Waals surface area contributed by atoms with E-state index in [0.29, 0.717) is 18.1 Å². The first kappa shape index (κ1) is 13.6. The van der Waals surface area contributed by atoms with Crippen LogP contribution in [0.1, 0.15) is 45.1 Å². The maximum absolute atomic E-state index is 11.0. The van der Waals surface area contributed by atoms with Gasteiger partial charge in [0.15, 0.2) is 6.10 Å². The van der Waals surface area contributed by atoms with Crippen molar-refractivity contribution < 1.29 is 14.6 Å². The van der Waals surface area contributed by atoms with Crippen LogP contribution in [0.2, 0.25) is 0 Å². The van der Waals surface area contributed by atoms with E-state index < -0.39 is 12.1 Å². The number of hydrogen-bond acceptors (Lipinski definition) is 2. The number of ether oxygens (including phenoxy) is 1. The van der Waals surface area contributed by atoms with E-state index in [9.17, 15) is 4.79 Å². The Morgan fingerprint density at radius 3 is 2.47 bits per heavy atom. The molecule has 0 heterocycles. The Labute approximate surface area is 102 Å². The summed E-state index contributed by atoms with van der Waals surface area (Å²) in [5.74, 6) is 0.153. The lowest BCUT2D eigenvalue weighted by Gasteiger charge is -2.19. The van der Waals surface area contributed by atoms with Crippen molar-refractivity contribution in [1.82, 2.24) is 0 Å². The van der Waals surface area contributed by atoms with Crippen LogP contribution in [-0.4, -0.2) is 17.2 Å². The molecule has 2 atom stereocenters. The van der Waals surface area contributed by atoms with Crippen molar-refractivity contribution in [3.63, 3.8) is 0 Å². The van der Waals surface area contributed by atoms with E-state index in [-0.39, 0.29) is 0 Å². The molecule has 0 saturated carbocycles. The van der Waals surface area contributed by atoms with Crippen LogP contribution in [0, 0.1) is 0 Å². The fourth-order valence-electron chi connectivity index (χ4n) is 1.68. The molecule has 0 saturated heterocycles. The highest BCUT2D eigenvalue weighted by molar-refractivity contribution is 5.72. The molecule has 0 spiro atoms. The summed E-state index contributed by atoms with van der Waals surface area (Å²) in [6.45, 7) is 6.03. The van der Waals surface area contributed by atoms with Gasteiger partial charge >= 0.3 is 5.97 Å². The van der Waals surface area contributed by atoms with Gasteiger partial charge in [-0.3, -0.25) is 0 Å². The monoisotopic (exact) mass is 236 g/mol. The molecular formula is C14H20O3. The predicted molar refractivity (Wildman–Crippen MR) is 67.5 cm³/mol. The Kier molecular flexibility index (Phi) is 5.01. The number of aliphatic carboxylic acids is 1. The van der Waals surface area contributed by atoms with Crippen LogP contribution in [0.3, 0.4) is 0 Å². The molecule has 0 bridgehead atoms. The topological polar surface area (TPSA) is 46.5 Å². The minimum absolute atomic E-state index is 0.373. The Hall–Kier alpha value is -1.51. The van der Waals surface area contributed by atoms with Crippen molar-refractivity contribution in [3.05, 3.63) is 29.8 Å². The highest BCUT2D eigenvalue weighted by atomic mass is 16.5. The third-order valence-electron chi connectivity index (χ3n) is 2.98. The molecular weight excluding hydrogens is 216 g/mol. The normalized spacial score (nSPS) is 14.1. The van der Waals surface area contributed by atoms with Gasteiger partial charge in [0.1, 0.15) is 5.75 Å². The van der Waals surface area contributed by atoms with Crippen LogP contribution >= 0.6 is 0 Å². The van der Waals surface area contributed by atoms with Crippen molar-refractivity contribution >= 4 is 5.97 Å². The highest BCUT2D eigenvalue weighted by Crippen LogP contribution is 2.29. The minimum atomic E-state index is -0.911. The van der Waals surface area contributed by atoms with Gasteiger partial charge in [0, 0.05) is 0 Å². The number of benzene rings is 1. The summed E-state index contributed by atoms with van der Waals surface area (Å²) in [4.78, 5) is 11.0. The van der Waals surface area contributed by atoms with Gasteiger partial charge in [-0.1, -0.05) is 39.0 Å². The molecule has 0 aliphatic carbocycles. The Morgan fingerprint density at radius 1 is 1.29 bits per heavy atom. The van der Waals surface area contributed by atoms with E-state index in [1.165, 1.54) is 0 Å². The van der Waals surface area contributed by atoms with Crippen molar-refractivity contribution in [3.8, 4) is 5.75 Å². The third kappa shape index (κ3) is 3.48. The van der Waals surface area contributed by atoms with Gasteiger partial charge in [0.2, 0.25) is 0 Å². The van der Waals surface area contributed by atoms with E-state index >= 15 is 0 Å². The van der Waals surface area contributed by atoms with Gasteiger partial charge in [-0.2, -0.15) is 0 Å². The molecule has 1 N–H and O–H groups in total. The minimum Gasteiger partial charge on any atom is -0.479 e. The second-order valence-electron chi connectivity index (χ2n) is 4.20. The molecule has 0 amide bonds. The molecule has 0 radical (unpaired) electrons. The zero-order valence-electron chi connectivity index (χ0n) is 10.6. The quantitative estimate of drug-likeness (QED) is 0.823. The first-order valence-corrected chi connectivity index (χ1v) is 6.08. The molecule has 0 aliphatic heterocycles. The van der Waals surface area contributed by atoms with Crippen LogP contribution in [0.5, 0.6) is 5.75 Å². The maximum atomic E-state index is 11.0. The fraction of sp³-hybridized carbons (Fsp3) is 0.500. The Balaban J connectivity index is 2.93. The van der Waals surface area contributed by atoms with Crippen LogP contribution in [0.15, 0.2) is 24.3 Å². The first-order chi connectivity index (χ1) is 8.10. The van der Waals surface area contributed by atoms with Crippen molar-refractivity contribution in [2.45, 2.75) is 45.6 Å². The smallest absolute Gasteiger partial charge is 0.344 e. The van der Waals surface area contributed by atoms with E-state index in [0.717, 1.165) is 12.0 Å². The summed E-state index contributed by atoms with van der Waals surface area (Å²) in [5.41, 5.74) is 1.08. The van der Waals surface area contributed by atoms with Crippen LogP contribution in [-0.2, 0) is 4.79 Å². The lowest BCUT2D eigenvalue weighted by Crippen LogP contribution is -2.26. The van der Waals surface area contributed by atoms with Gasteiger partial charge < -0.3 is 9.84 Å². The van der Waals surface area contributed by atoms with Crippen LogP contribution in [0.25, 0.3) is 0 Å². The number of carbonyl (C=O) groups is 1. The molecule has 1 aromatic carbocycles. The first-order valence-electron chi connectivity index (χ1n) is 6.08. The summed E-state index contributed by atoms with van der Waals surface area (Å²) in [7, 11) is 0. The predicted octanol–water partition coefficient (Wildman–Crippen LogP) is 3.44. The average Bonchev–Trinajstić information content (AvgIpc) is 2.35. The average molecular weight is 236 g/mol. The summed E-state index contributed by atoms with van der Waals surface area (Å²) in [6.07, 6.45) is 0.703. The van der Waals surface area contributed by atoms with Crippen LogP contribution in [0.4, 0.5) is 0 Å². The molecule has 3 nitrogen and oxygen atoms in total. The molecule has 3 heteroatoms. The van der Waals surface area contributed by atoms with E-state index in [1.807, 2.05) is 31.2 Å².